The fraction of sp³-hybridized carbons (Fsp3) is 0.500. The number of ether oxygens (including phenoxy) is 1. The van der Waals surface area contributed by atoms with Crippen molar-refractivity contribution in [2.75, 3.05) is 6.61 Å². The predicted octanol–water partition coefficient (Wildman–Crippen LogP) is 1.18. The fourth-order valence-corrected chi connectivity index (χ4v) is 0.546. The zero-order chi connectivity index (χ0) is 9.40. The second kappa shape index (κ2) is 6.31. The maximum Gasteiger partial charge on any atom is 0.357 e. The van der Waals surface area contributed by atoms with Crippen LogP contribution in [0, 0.1) is 0 Å². The van der Waals surface area contributed by atoms with Gasteiger partial charge in [0.1, 0.15) is 0 Å². The lowest BCUT2D eigenvalue weighted by Crippen LogP contribution is -2.06. The maximum atomic E-state index is 11.0. The highest BCUT2D eigenvalue weighted by Crippen LogP contribution is 1.98. The summed E-state index contributed by atoms with van der Waals surface area (Å²) in [7, 11) is 0. The molecule has 0 amide bonds. The second-order valence-electron chi connectivity index (χ2n) is 2.01. The Balaban J connectivity index is 4.14. The molecule has 0 aliphatic rings. The Morgan fingerprint density at radius 3 is 2.75 bits per heavy atom. The van der Waals surface area contributed by atoms with Gasteiger partial charge in [-0.25, -0.2) is 9.59 Å². The third-order valence-corrected chi connectivity index (χ3v) is 1.09. The Morgan fingerprint density at radius 2 is 2.33 bits per heavy atom. The summed E-state index contributed by atoms with van der Waals surface area (Å²) in [5, 5.41) is 0. The molecule has 0 N–H and O–H groups in total. The van der Waals surface area contributed by atoms with Crippen LogP contribution in [0.5, 0.6) is 0 Å². The second-order valence-corrected chi connectivity index (χ2v) is 2.01. The van der Waals surface area contributed by atoms with Crippen LogP contribution >= 0.6 is 0 Å². The summed E-state index contributed by atoms with van der Waals surface area (Å²) in [5.41, 5.74) is -0.00144. The zero-order valence-electron chi connectivity index (χ0n) is 7.16. The lowest BCUT2D eigenvalue weighted by atomic mass is 10.4. The van der Waals surface area contributed by atoms with Crippen molar-refractivity contribution in [3.05, 3.63) is 11.8 Å². The van der Waals surface area contributed by atoms with Crippen LogP contribution in [0.15, 0.2) is 16.8 Å². The van der Waals surface area contributed by atoms with E-state index in [1.807, 2.05) is 6.92 Å². The van der Waals surface area contributed by atoms with E-state index in [1.54, 1.807) is 6.92 Å². The topological polar surface area (TPSA) is 55.7 Å². The highest BCUT2D eigenvalue weighted by atomic mass is 16.5. The van der Waals surface area contributed by atoms with E-state index >= 15 is 0 Å². The van der Waals surface area contributed by atoms with Gasteiger partial charge in [0.2, 0.25) is 6.08 Å². The van der Waals surface area contributed by atoms with Crippen molar-refractivity contribution in [2.24, 2.45) is 4.99 Å². The van der Waals surface area contributed by atoms with Gasteiger partial charge in [-0.3, -0.25) is 0 Å². The Morgan fingerprint density at radius 1 is 1.67 bits per heavy atom. The molecule has 0 unspecified atom stereocenters. The van der Waals surface area contributed by atoms with Crippen molar-refractivity contribution in [1.82, 2.24) is 0 Å². The van der Waals surface area contributed by atoms with Gasteiger partial charge >= 0.3 is 5.97 Å². The average molecular weight is 169 g/mol. The maximum absolute atomic E-state index is 11.0. The van der Waals surface area contributed by atoms with Gasteiger partial charge in [-0.1, -0.05) is 13.0 Å². The molecule has 0 saturated carbocycles. The normalized spacial score (nSPS) is 10.3. The van der Waals surface area contributed by atoms with Crippen LogP contribution in [-0.2, 0) is 14.3 Å². The average Bonchev–Trinajstić information content (AvgIpc) is 2.10. The molecule has 0 spiro atoms. The monoisotopic (exact) mass is 169 g/mol. The van der Waals surface area contributed by atoms with Crippen LogP contribution in [-0.4, -0.2) is 18.7 Å². The molecule has 4 nitrogen and oxygen atoms in total. The van der Waals surface area contributed by atoms with Crippen LogP contribution in [0.2, 0.25) is 0 Å². The Labute approximate surface area is 70.9 Å². The lowest BCUT2D eigenvalue weighted by Gasteiger charge is -2.00. The first kappa shape index (κ1) is 10.6. The third kappa shape index (κ3) is 3.68. The highest BCUT2D eigenvalue weighted by Gasteiger charge is 2.07. The fourth-order valence-electron chi connectivity index (χ4n) is 0.546. The van der Waals surface area contributed by atoms with Crippen molar-refractivity contribution in [3.8, 4) is 0 Å². The molecule has 4 heteroatoms. The molecule has 0 fully saturated rings. The standard InChI is InChI=1S/C8H11NO3/c1-3-5-12-8(11)7(4-2)9-6-10/h4H,3,5H2,1-2H3. The number of aliphatic imine (C=N–C) groups is 1. The quantitative estimate of drug-likeness (QED) is 0.275. The number of hydrogen-bond donors (Lipinski definition) is 0. The van der Waals surface area contributed by atoms with Crippen molar-refractivity contribution >= 4 is 12.0 Å². The molecule has 66 valence electrons. The van der Waals surface area contributed by atoms with Gasteiger partial charge in [-0.2, -0.15) is 4.99 Å². The number of isocyanates is 1. The first-order chi connectivity index (χ1) is 5.76. The first-order valence-electron chi connectivity index (χ1n) is 3.67. The zero-order valence-corrected chi connectivity index (χ0v) is 7.16. The van der Waals surface area contributed by atoms with Crippen LogP contribution < -0.4 is 0 Å². The molecule has 0 saturated heterocycles. The molecule has 0 aromatic rings. The van der Waals surface area contributed by atoms with Crippen LogP contribution in [0.1, 0.15) is 20.3 Å². The van der Waals surface area contributed by atoms with Gasteiger partial charge < -0.3 is 4.74 Å². The van der Waals surface area contributed by atoms with Gasteiger partial charge in [0.05, 0.1) is 6.61 Å². The number of carbonyl (C=O) groups excluding carboxylic acids is 2. The van der Waals surface area contributed by atoms with E-state index in [1.165, 1.54) is 12.2 Å². The first-order valence-corrected chi connectivity index (χ1v) is 3.67. The van der Waals surface area contributed by atoms with Crippen LogP contribution in [0.4, 0.5) is 0 Å². The van der Waals surface area contributed by atoms with E-state index in [9.17, 15) is 9.59 Å². The third-order valence-electron chi connectivity index (χ3n) is 1.09. The molecule has 0 radical (unpaired) electrons. The SMILES string of the molecule is CC=C(N=C=O)C(=O)OCCC. The molecule has 12 heavy (non-hydrogen) atoms. The molecular formula is C8H11NO3. The number of nitrogens with zero attached hydrogens (tertiary/aromatic N) is 1. The molecule has 0 aliphatic heterocycles. The molecule has 0 heterocycles. The van der Waals surface area contributed by atoms with Crippen LogP contribution in [0.25, 0.3) is 0 Å². The molecular weight excluding hydrogens is 158 g/mol. The summed E-state index contributed by atoms with van der Waals surface area (Å²) < 4.78 is 4.72. The molecule has 0 aromatic heterocycles. The van der Waals surface area contributed by atoms with Gasteiger partial charge in [0, 0.05) is 0 Å². The predicted molar refractivity (Wildman–Crippen MR) is 43.1 cm³/mol. The molecule has 0 aromatic carbocycles. The van der Waals surface area contributed by atoms with Crippen molar-refractivity contribution in [1.29, 1.82) is 0 Å². The van der Waals surface area contributed by atoms with Gasteiger partial charge in [-0.15, -0.1) is 0 Å². The van der Waals surface area contributed by atoms with Gasteiger partial charge in [0.25, 0.3) is 0 Å². The van der Waals surface area contributed by atoms with Gasteiger partial charge in [-0.05, 0) is 13.3 Å². The highest BCUT2D eigenvalue weighted by molar-refractivity contribution is 5.88. The number of allylic oxidation sites excluding steroid dienone is 1. The van der Waals surface area contributed by atoms with Crippen molar-refractivity contribution < 1.29 is 14.3 Å². The van der Waals surface area contributed by atoms with E-state index in [2.05, 4.69) is 4.99 Å². The van der Waals surface area contributed by atoms with Crippen molar-refractivity contribution in [3.63, 3.8) is 0 Å². The number of esters is 1. The van der Waals surface area contributed by atoms with E-state index < -0.39 is 5.97 Å². The summed E-state index contributed by atoms with van der Waals surface area (Å²) in [5.74, 6) is -0.581. The molecule has 0 atom stereocenters. The van der Waals surface area contributed by atoms with E-state index in [-0.39, 0.29) is 5.70 Å². The molecule has 0 aliphatic carbocycles. The number of hydrogen-bond acceptors (Lipinski definition) is 4. The minimum atomic E-state index is -0.581. The Bertz CT molecular complexity index is 226. The minimum Gasteiger partial charge on any atom is -0.461 e. The Hall–Kier alpha value is -1.41. The molecule has 0 bridgehead atoms. The number of rotatable bonds is 4. The van der Waals surface area contributed by atoms with E-state index in [0.29, 0.717) is 6.61 Å². The summed E-state index contributed by atoms with van der Waals surface area (Å²) in [6.45, 7) is 3.82. The van der Waals surface area contributed by atoms with E-state index in [4.69, 9.17) is 4.74 Å². The van der Waals surface area contributed by atoms with Crippen LogP contribution in [0.3, 0.4) is 0 Å². The van der Waals surface area contributed by atoms with Crippen molar-refractivity contribution in [2.45, 2.75) is 20.3 Å². The van der Waals surface area contributed by atoms with Gasteiger partial charge in [0.15, 0.2) is 5.70 Å². The summed E-state index contributed by atoms with van der Waals surface area (Å²) in [6, 6.07) is 0. The largest absolute Gasteiger partial charge is 0.461 e. The summed E-state index contributed by atoms with van der Waals surface area (Å²) in [4.78, 5) is 23.9. The van der Waals surface area contributed by atoms with E-state index in [0.717, 1.165) is 6.42 Å². The minimum absolute atomic E-state index is 0.00144. The smallest absolute Gasteiger partial charge is 0.357 e. The lowest BCUT2D eigenvalue weighted by molar-refractivity contribution is -0.139. The molecule has 0 rings (SSSR count). The number of carbonyl (C=O) groups is 1. The Kier molecular flexibility index (Phi) is 5.57. The summed E-state index contributed by atoms with van der Waals surface area (Å²) in [6.07, 6.45) is 3.43. The summed E-state index contributed by atoms with van der Waals surface area (Å²) >= 11 is 0.